The lowest BCUT2D eigenvalue weighted by molar-refractivity contribution is -0.179. The molecule has 4 heterocycles. The SMILES string of the molecule is CC[C@H]1C[C@H](C)[C@@]2(NC1=O)O[C@@H](C[C@H](O)[C@@H](C)CC/C=C/C=C(\C)[C@@H]1C/C=C/C=C/[C@H](O)[C@H](C)[C@@H](O)[C@@H](CCC(C)=O)C(=O)N[C@@H](C(C)C)C(=O)N[C@@H](Cc3ccccc3O)C(=O)N3CCC[C@H](N3)C(=O)O1)[C@H](C)C=C2C. The van der Waals surface area contributed by atoms with Gasteiger partial charge in [-0.2, -0.15) is 0 Å². The number of aromatic hydroxyl groups is 1. The minimum absolute atomic E-state index is 0.00792. The van der Waals surface area contributed by atoms with Crippen molar-refractivity contribution in [3.8, 4) is 5.75 Å². The predicted molar refractivity (Wildman–Crippen MR) is 294 cm³/mol. The second-order valence-corrected chi connectivity index (χ2v) is 22.6. The molecule has 2 saturated heterocycles. The first-order valence-corrected chi connectivity index (χ1v) is 28.0. The topological polar surface area (TPSA) is 253 Å². The number of rotatable bonds is 15. The molecule has 0 aliphatic carbocycles. The lowest BCUT2D eigenvalue weighted by Crippen LogP contribution is -2.64. The Morgan fingerprint density at radius 1 is 0.987 bits per heavy atom. The van der Waals surface area contributed by atoms with Gasteiger partial charge in [0.25, 0.3) is 5.91 Å². The summed E-state index contributed by atoms with van der Waals surface area (Å²) in [5, 5.41) is 55.1. The number of cyclic esters (lactones) is 1. The van der Waals surface area contributed by atoms with Crippen LogP contribution >= 0.6 is 0 Å². The molecule has 426 valence electrons. The van der Waals surface area contributed by atoms with Crippen LogP contribution in [0.5, 0.6) is 5.75 Å². The maximum absolute atomic E-state index is 14.5. The predicted octanol–water partition coefficient (Wildman–Crippen LogP) is 6.36. The highest BCUT2D eigenvalue weighted by molar-refractivity contribution is 5.93. The normalized spacial score (nSPS) is 33.2. The summed E-state index contributed by atoms with van der Waals surface area (Å²) in [6.07, 6.45) is 14.2. The molecule has 2 bridgehead atoms. The van der Waals surface area contributed by atoms with E-state index in [-0.39, 0.29) is 79.4 Å². The third kappa shape index (κ3) is 16.8. The Bertz CT molecular complexity index is 2360. The molecule has 17 heteroatoms. The Balaban J connectivity index is 1.35. The third-order valence-corrected chi connectivity index (χ3v) is 16.3. The number of nitrogens with one attached hydrogen (secondary N) is 4. The molecule has 4 aliphatic rings. The molecule has 1 aromatic rings. The Morgan fingerprint density at radius 3 is 2.40 bits per heavy atom. The zero-order valence-corrected chi connectivity index (χ0v) is 47.1. The first-order chi connectivity index (χ1) is 36.5. The van der Waals surface area contributed by atoms with Gasteiger partial charge in [-0.05, 0) is 100 Å². The first kappa shape index (κ1) is 62.4. The molecule has 5 rings (SSSR count). The van der Waals surface area contributed by atoms with Gasteiger partial charge < -0.3 is 50.6 Å². The molecular weight excluding hydrogens is 983 g/mol. The van der Waals surface area contributed by atoms with E-state index in [2.05, 4.69) is 41.3 Å². The number of ketones is 1. The second-order valence-electron chi connectivity index (χ2n) is 22.6. The number of carbonyl (C=O) groups excluding carboxylic acids is 6. The van der Waals surface area contributed by atoms with Crippen molar-refractivity contribution in [2.24, 2.45) is 41.4 Å². The van der Waals surface area contributed by atoms with Crippen LogP contribution in [0.15, 0.2) is 84.0 Å². The fourth-order valence-electron chi connectivity index (χ4n) is 10.9. The zero-order valence-electron chi connectivity index (χ0n) is 47.1. The number of aliphatic hydroxyl groups excluding tert-OH is 3. The molecule has 0 aromatic heterocycles. The number of hydrogen-bond donors (Lipinski definition) is 8. The maximum Gasteiger partial charge on any atom is 0.325 e. The minimum atomic E-state index is -1.43. The molecule has 2 fully saturated rings. The molecule has 0 radical (unpaired) electrons. The summed E-state index contributed by atoms with van der Waals surface area (Å²) in [7, 11) is 0. The lowest BCUT2D eigenvalue weighted by Gasteiger charge is -2.51. The molecule has 15 atom stereocenters. The summed E-state index contributed by atoms with van der Waals surface area (Å²) >= 11 is 0. The quantitative estimate of drug-likeness (QED) is 0.0542. The Morgan fingerprint density at radius 2 is 1.71 bits per heavy atom. The van der Waals surface area contributed by atoms with Crippen LogP contribution in [0.1, 0.15) is 139 Å². The molecule has 0 unspecified atom stereocenters. The average Bonchev–Trinajstić information content (AvgIpc) is 3.39. The number of phenolic OH excluding ortho intramolecular Hbond substituents is 1. The van der Waals surface area contributed by atoms with Gasteiger partial charge in [-0.25, -0.2) is 5.43 Å². The zero-order chi connectivity index (χ0) is 56.7. The largest absolute Gasteiger partial charge is 0.508 e. The minimum Gasteiger partial charge on any atom is -0.508 e. The molecule has 4 amide bonds. The van der Waals surface area contributed by atoms with E-state index in [0.717, 1.165) is 24.0 Å². The summed E-state index contributed by atoms with van der Waals surface area (Å²) in [5.74, 6) is -5.44. The highest BCUT2D eigenvalue weighted by Crippen LogP contribution is 2.43. The molecular formula is C60H89N5O12. The van der Waals surface area contributed by atoms with Crippen molar-refractivity contribution in [3.05, 3.63) is 89.6 Å². The van der Waals surface area contributed by atoms with Gasteiger partial charge in [-0.15, -0.1) is 0 Å². The monoisotopic (exact) mass is 1070 g/mol. The van der Waals surface area contributed by atoms with Crippen molar-refractivity contribution in [2.45, 2.75) is 194 Å². The Kier molecular flexibility index (Phi) is 23.5. The highest BCUT2D eigenvalue weighted by Gasteiger charge is 2.51. The summed E-state index contributed by atoms with van der Waals surface area (Å²) in [4.78, 5) is 82.1. The number of carbonyl (C=O) groups is 6. The number of Topliss-reactive ketones (excluding diaryl/α,β-unsaturated/α-hetero) is 1. The van der Waals surface area contributed by atoms with Gasteiger partial charge in [0.15, 0.2) is 5.72 Å². The van der Waals surface area contributed by atoms with E-state index in [1.165, 1.54) is 24.1 Å². The van der Waals surface area contributed by atoms with Crippen LogP contribution in [0.25, 0.3) is 0 Å². The van der Waals surface area contributed by atoms with Crippen molar-refractivity contribution in [1.29, 1.82) is 0 Å². The van der Waals surface area contributed by atoms with Crippen molar-refractivity contribution in [2.75, 3.05) is 6.54 Å². The number of fused-ring (bicyclic) bond motifs is 2. The van der Waals surface area contributed by atoms with E-state index in [4.69, 9.17) is 9.47 Å². The number of amides is 4. The van der Waals surface area contributed by atoms with E-state index in [1.54, 1.807) is 57.2 Å². The van der Waals surface area contributed by atoms with Gasteiger partial charge in [0.2, 0.25) is 17.7 Å². The van der Waals surface area contributed by atoms with Gasteiger partial charge >= 0.3 is 5.97 Å². The van der Waals surface area contributed by atoms with Gasteiger partial charge in [0.05, 0.1) is 30.3 Å². The summed E-state index contributed by atoms with van der Waals surface area (Å²) in [5.41, 5.74) is 4.26. The number of piperidine rings is 1. The molecule has 1 spiro atoms. The average molecular weight is 1070 g/mol. The van der Waals surface area contributed by atoms with Crippen LogP contribution in [0, 0.1) is 41.4 Å². The maximum atomic E-state index is 14.5. The van der Waals surface area contributed by atoms with Crippen molar-refractivity contribution < 1.29 is 58.7 Å². The second kappa shape index (κ2) is 29.0. The third-order valence-electron chi connectivity index (χ3n) is 16.3. The fraction of sp³-hybridized carbons (Fsp3) is 0.633. The number of para-hydroxylation sites is 1. The number of benzene rings is 1. The number of ether oxygens (including phenoxy) is 2. The number of aliphatic hydroxyl groups is 3. The summed E-state index contributed by atoms with van der Waals surface area (Å²) in [6.45, 7) is 18.7. The van der Waals surface area contributed by atoms with Crippen molar-refractivity contribution >= 4 is 35.4 Å². The molecule has 4 aliphatic heterocycles. The number of allylic oxidation sites excluding steroid dienone is 5. The lowest BCUT2D eigenvalue weighted by atomic mass is 9.75. The number of hydrogen-bond acceptors (Lipinski definition) is 13. The molecule has 0 saturated carbocycles. The Labute approximate surface area is 456 Å². The summed E-state index contributed by atoms with van der Waals surface area (Å²) < 4.78 is 13.0. The van der Waals surface area contributed by atoms with Crippen molar-refractivity contribution in [3.63, 3.8) is 0 Å². The van der Waals surface area contributed by atoms with Gasteiger partial charge in [-0.1, -0.05) is 115 Å². The number of phenols is 1. The standard InChI is InChI=1S/C60H89N5O12/c1-11-43-32-40(8)60(63-55(43)71)39(7)31-38(6)52(77-60)34-50(69)36(4)21-14-12-15-22-37(5)51-27-17-13-16-25-48(67)42(10)54(70)45(29-28-41(9)66)56(72)62-53(35(2)3)57(73)61-47(33-44-23-18-19-26-49(44)68)58(74)65-30-20-24-46(64-65)59(75)76-51/h12-13,15-19,22-23,25-26,31,35-36,38,40,42-43,45-48,50-54,64,67-70H,11,14,20-21,24,27-30,32-34H2,1-10H3,(H,61,73)(H,62,72)(H,63,71)/b15-12+,17-13+,25-16+,37-22+/t36-,38+,40-,42-,43-,45+,46-,47-,48-,50-,51-,52-,53-,54+,60-/m0/s1. The first-order valence-electron chi connectivity index (χ1n) is 28.0. The number of hydrazine groups is 1. The number of nitrogens with zero attached hydrogens (tertiary/aromatic N) is 1. The van der Waals surface area contributed by atoms with Gasteiger partial charge in [0, 0.05) is 55.9 Å². The van der Waals surface area contributed by atoms with E-state index >= 15 is 0 Å². The number of esters is 1. The van der Waals surface area contributed by atoms with Gasteiger partial charge in [0.1, 0.15) is 35.8 Å². The smallest absolute Gasteiger partial charge is 0.325 e. The van der Waals surface area contributed by atoms with Crippen LogP contribution < -0.4 is 21.4 Å². The molecule has 77 heavy (non-hydrogen) atoms. The molecule has 8 N–H and O–H groups in total. The molecule has 1 aromatic carbocycles. The van der Waals surface area contributed by atoms with Crippen LogP contribution in [0.2, 0.25) is 0 Å². The van der Waals surface area contributed by atoms with Gasteiger partial charge in [-0.3, -0.25) is 29.0 Å². The highest BCUT2D eigenvalue weighted by atomic mass is 16.5. The fourth-order valence-corrected chi connectivity index (χ4v) is 10.9. The van der Waals surface area contributed by atoms with Crippen LogP contribution in [0.3, 0.4) is 0 Å². The Hall–Kier alpha value is -5.46. The van der Waals surface area contributed by atoms with Crippen LogP contribution in [0.4, 0.5) is 0 Å². The van der Waals surface area contributed by atoms with Crippen molar-refractivity contribution in [1.82, 2.24) is 26.4 Å². The van der Waals surface area contributed by atoms with Crippen LogP contribution in [-0.4, -0.2) is 122 Å². The van der Waals surface area contributed by atoms with E-state index in [9.17, 15) is 49.2 Å². The van der Waals surface area contributed by atoms with Crippen LogP contribution in [-0.2, 0) is 44.7 Å². The van der Waals surface area contributed by atoms with E-state index in [1.807, 2.05) is 45.9 Å². The van der Waals surface area contributed by atoms with E-state index < -0.39 is 89.7 Å². The summed E-state index contributed by atoms with van der Waals surface area (Å²) in [6, 6.07) is 3.01. The molecule has 17 nitrogen and oxygen atoms in total. The van der Waals surface area contributed by atoms with E-state index in [0.29, 0.717) is 37.7 Å².